The summed E-state index contributed by atoms with van der Waals surface area (Å²) in [4.78, 5) is 45.3. The number of carbonyl (C=O) groups is 3. The van der Waals surface area contributed by atoms with Gasteiger partial charge in [-0.25, -0.2) is 0 Å². The van der Waals surface area contributed by atoms with Crippen molar-refractivity contribution in [2.75, 3.05) is 17.2 Å². The number of benzene rings is 5. The highest BCUT2D eigenvalue weighted by atomic mass is 35.5. The Labute approximate surface area is 338 Å². The van der Waals surface area contributed by atoms with E-state index < -0.39 is 17.1 Å². The fraction of sp³-hybridized carbons (Fsp3) is 0.111. The molecule has 0 spiro atoms. The Morgan fingerprint density at radius 2 is 1.55 bits per heavy atom. The summed E-state index contributed by atoms with van der Waals surface area (Å²) in [6.45, 7) is 2.35. The van der Waals surface area contributed by atoms with Crippen LogP contribution in [0.25, 0.3) is 6.08 Å². The van der Waals surface area contributed by atoms with E-state index in [2.05, 4.69) is 39.1 Å². The van der Waals surface area contributed by atoms with Crippen LogP contribution in [0.15, 0.2) is 150 Å². The Balaban J connectivity index is 1.09. The highest BCUT2D eigenvalue weighted by Gasteiger charge is 2.28. The fourth-order valence-electron chi connectivity index (χ4n) is 6.37. The van der Waals surface area contributed by atoms with Gasteiger partial charge in [0.25, 0.3) is 11.8 Å². The zero-order valence-corrected chi connectivity index (χ0v) is 32.5. The third-order valence-electron chi connectivity index (χ3n) is 9.13. The maximum Gasteiger partial charge on any atom is 0.272 e. The Kier molecular flexibility index (Phi) is 12.4. The van der Waals surface area contributed by atoms with E-state index in [-0.39, 0.29) is 11.6 Å². The van der Waals surface area contributed by atoms with E-state index in [0.717, 1.165) is 40.4 Å². The third-order valence-corrected chi connectivity index (χ3v) is 11.8. The van der Waals surface area contributed by atoms with Gasteiger partial charge in [-0.2, -0.15) is 5.26 Å². The number of nitrogens with one attached hydrogen (secondary N) is 3. The van der Waals surface area contributed by atoms with Crippen LogP contribution in [0.5, 0.6) is 0 Å². The Morgan fingerprint density at radius 1 is 0.857 bits per heavy atom. The van der Waals surface area contributed by atoms with Gasteiger partial charge in [0.15, 0.2) is 0 Å². The van der Waals surface area contributed by atoms with E-state index in [0.29, 0.717) is 38.9 Å². The minimum atomic E-state index is -0.673. The first-order valence-electron chi connectivity index (χ1n) is 17.9. The molecule has 0 aliphatic carbocycles. The van der Waals surface area contributed by atoms with Gasteiger partial charge in [-0.3, -0.25) is 19.3 Å². The molecule has 1 aliphatic heterocycles. The topological polar surface area (TPSA) is 114 Å². The van der Waals surface area contributed by atoms with Gasteiger partial charge in [0.2, 0.25) is 5.91 Å². The van der Waals surface area contributed by atoms with Gasteiger partial charge in [-0.05, 0) is 77.2 Å². The summed E-state index contributed by atoms with van der Waals surface area (Å²) < 4.78 is 0. The third kappa shape index (κ3) is 9.63. The van der Waals surface area contributed by atoms with Crippen molar-refractivity contribution in [2.24, 2.45) is 0 Å². The summed E-state index contributed by atoms with van der Waals surface area (Å²) in [6, 6.07) is 44.9. The molecule has 7 rings (SSSR count). The predicted molar refractivity (Wildman–Crippen MR) is 225 cm³/mol. The van der Waals surface area contributed by atoms with E-state index in [1.165, 1.54) is 28.7 Å². The summed E-state index contributed by atoms with van der Waals surface area (Å²) >= 11 is 8.89. The van der Waals surface area contributed by atoms with Crippen molar-refractivity contribution in [2.45, 2.75) is 29.7 Å². The average molecular weight is 794 g/mol. The van der Waals surface area contributed by atoms with Crippen LogP contribution in [0.2, 0.25) is 5.02 Å². The smallest absolute Gasteiger partial charge is 0.272 e. The number of nitrogens with zero attached hydrogens (tertiary/aromatic N) is 2. The molecule has 56 heavy (non-hydrogen) atoms. The van der Waals surface area contributed by atoms with Gasteiger partial charge in [0, 0.05) is 45.7 Å². The molecule has 1 aromatic heterocycles. The number of amides is 3. The van der Waals surface area contributed by atoms with Gasteiger partial charge >= 0.3 is 0 Å². The summed E-state index contributed by atoms with van der Waals surface area (Å²) in [5.74, 6) is -1.22. The zero-order chi connectivity index (χ0) is 38.9. The van der Waals surface area contributed by atoms with Crippen LogP contribution in [-0.2, 0) is 29.1 Å². The molecule has 3 N–H and O–H groups in total. The number of hydrogen-bond acceptors (Lipinski definition) is 7. The molecule has 0 bridgehead atoms. The molecule has 0 radical (unpaired) electrons. The van der Waals surface area contributed by atoms with Gasteiger partial charge in [-0.15, -0.1) is 23.1 Å². The number of carbonyl (C=O) groups excluding carboxylic acids is 3. The minimum Gasteiger partial charge on any atom is -0.321 e. The number of rotatable bonds is 12. The van der Waals surface area contributed by atoms with E-state index in [1.54, 1.807) is 72.8 Å². The first-order valence-corrected chi connectivity index (χ1v) is 20.0. The first kappa shape index (κ1) is 38.3. The monoisotopic (exact) mass is 793 g/mol. The molecular weight excluding hydrogens is 758 g/mol. The normalized spacial score (nSPS) is 13.2. The summed E-state index contributed by atoms with van der Waals surface area (Å²) in [7, 11) is 0. The number of thioether (sulfide) groups is 1. The number of anilines is 2. The standard InChI is InChI=1S/C45H36ClN5O3S2/c46-34-21-19-30(20-22-34)25-39(49-42(52)33-15-8-3-9-16-33)43(53)48-35-17-10-18-36(26-35)55-41(32-13-6-2-7-14-32)44(54)50-45-38(27-47)37-23-24-51(29-40(37)56-45)28-31-11-4-1-5-12-31/h1-22,25-26,41H,23-24,28-29H2,(H,48,53)(H,49,52)(H,50,54)/b39-25-. The van der Waals surface area contributed by atoms with Crippen LogP contribution in [0, 0.1) is 11.3 Å². The minimum absolute atomic E-state index is 0.0379. The number of fused-ring (bicyclic) bond motifs is 1. The van der Waals surface area contributed by atoms with Crippen molar-refractivity contribution < 1.29 is 14.4 Å². The molecule has 0 fully saturated rings. The quantitative estimate of drug-likeness (QED) is 0.0840. The van der Waals surface area contributed by atoms with Crippen LogP contribution in [-0.4, -0.2) is 29.2 Å². The van der Waals surface area contributed by atoms with Crippen molar-refractivity contribution in [3.63, 3.8) is 0 Å². The molecule has 0 saturated heterocycles. The number of halogens is 1. The highest BCUT2D eigenvalue weighted by molar-refractivity contribution is 8.00. The highest BCUT2D eigenvalue weighted by Crippen LogP contribution is 2.41. The van der Waals surface area contributed by atoms with Crippen molar-refractivity contribution >= 4 is 69.2 Å². The number of hydrogen-bond donors (Lipinski definition) is 3. The predicted octanol–water partition coefficient (Wildman–Crippen LogP) is 9.71. The first-order chi connectivity index (χ1) is 27.3. The van der Waals surface area contributed by atoms with Gasteiger partial charge in [-0.1, -0.05) is 109 Å². The van der Waals surface area contributed by atoms with Crippen molar-refractivity contribution in [3.05, 3.63) is 189 Å². The average Bonchev–Trinajstić information content (AvgIpc) is 3.57. The van der Waals surface area contributed by atoms with Crippen LogP contribution in [0.1, 0.15) is 48.3 Å². The van der Waals surface area contributed by atoms with Gasteiger partial charge < -0.3 is 16.0 Å². The van der Waals surface area contributed by atoms with Crippen LogP contribution in [0.4, 0.5) is 10.7 Å². The van der Waals surface area contributed by atoms with Crippen LogP contribution < -0.4 is 16.0 Å². The second kappa shape index (κ2) is 18.1. The second-order valence-electron chi connectivity index (χ2n) is 13.1. The lowest BCUT2D eigenvalue weighted by Gasteiger charge is -2.26. The van der Waals surface area contributed by atoms with E-state index in [9.17, 15) is 19.6 Å². The molecular formula is C45H36ClN5O3S2. The molecule has 11 heteroatoms. The SMILES string of the molecule is N#Cc1c(NC(=O)C(Sc2cccc(NC(=O)/C(=C/c3ccc(Cl)cc3)NC(=O)c3ccccc3)c2)c2ccccc2)sc2c1CCN(Cc1ccccc1)C2. The molecule has 5 aromatic carbocycles. The van der Waals surface area contributed by atoms with Crippen molar-refractivity contribution in [1.29, 1.82) is 5.26 Å². The second-order valence-corrected chi connectivity index (χ2v) is 15.8. The van der Waals surface area contributed by atoms with E-state index in [1.807, 2.05) is 60.7 Å². The fourth-order valence-corrected chi connectivity index (χ4v) is 8.82. The van der Waals surface area contributed by atoms with Crippen LogP contribution in [0.3, 0.4) is 0 Å². The molecule has 1 aliphatic rings. The molecule has 278 valence electrons. The summed E-state index contributed by atoms with van der Waals surface area (Å²) in [5.41, 5.74) is 5.14. The van der Waals surface area contributed by atoms with E-state index >= 15 is 0 Å². The molecule has 6 aromatic rings. The lowest BCUT2D eigenvalue weighted by Crippen LogP contribution is -2.30. The van der Waals surface area contributed by atoms with Gasteiger partial charge in [0.1, 0.15) is 22.0 Å². The maximum absolute atomic E-state index is 14.2. The largest absolute Gasteiger partial charge is 0.321 e. The molecule has 2 heterocycles. The maximum atomic E-state index is 14.2. The van der Waals surface area contributed by atoms with Crippen molar-refractivity contribution in [1.82, 2.24) is 10.2 Å². The summed E-state index contributed by atoms with van der Waals surface area (Å²) in [6.07, 6.45) is 2.32. The van der Waals surface area contributed by atoms with Crippen LogP contribution >= 0.6 is 34.7 Å². The summed E-state index contributed by atoms with van der Waals surface area (Å²) in [5, 5.41) is 19.4. The molecule has 0 saturated carbocycles. The molecule has 1 unspecified atom stereocenters. The molecule has 3 amide bonds. The Hall–Kier alpha value is -5.96. The molecule has 1 atom stereocenters. The molecule has 8 nitrogen and oxygen atoms in total. The Bertz CT molecular complexity index is 2410. The lowest BCUT2D eigenvalue weighted by molar-refractivity contribution is -0.116. The van der Waals surface area contributed by atoms with Gasteiger partial charge in [0.05, 0.1) is 5.56 Å². The zero-order valence-electron chi connectivity index (χ0n) is 30.1. The number of thiophene rings is 1. The van der Waals surface area contributed by atoms with E-state index in [4.69, 9.17) is 11.6 Å². The van der Waals surface area contributed by atoms with Crippen molar-refractivity contribution in [3.8, 4) is 6.07 Å². The lowest BCUT2D eigenvalue weighted by atomic mass is 10.0. The number of nitriles is 1. The Morgan fingerprint density at radius 3 is 2.27 bits per heavy atom.